The van der Waals surface area contributed by atoms with Crippen LogP contribution < -0.4 is 10.1 Å². The van der Waals surface area contributed by atoms with E-state index < -0.39 is 0 Å². The number of hydrogen-bond acceptors (Lipinski definition) is 3. The van der Waals surface area contributed by atoms with E-state index in [-0.39, 0.29) is 0 Å². The molecule has 3 heteroatoms. The Morgan fingerprint density at radius 3 is 2.71 bits per heavy atom. The maximum atomic E-state index is 5.34. The van der Waals surface area contributed by atoms with Crippen LogP contribution in [0.3, 0.4) is 0 Å². The molecule has 0 amide bonds. The van der Waals surface area contributed by atoms with Crippen molar-refractivity contribution >= 4 is 0 Å². The summed E-state index contributed by atoms with van der Waals surface area (Å²) >= 11 is 0. The van der Waals surface area contributed by atoms with E-state index in [9.17, 15) is 0 Å². The van der Waals surface area contributed by atoms with Gasteiger partial charge in [-0.2, -0.15) is 0 Å². The molecule has 0 aliphatic carbocycles. The van der Waals surface area contributed by atoms with Gasteiger partial charge in [0.25, 0.3) is 0 Å². The Hall–Kier alpha value is -1.06. The molecule has 1 N–H and O–H groups in total. The van der Waals surface area contributed by atoms with Crippen molar-refractivity contribution in [2.75, 3.05) is 33.8 Å². The molecular formula is C18H30N2O. The zero-order valence-corrected chi connectivity index (χ0v) is 14.1. The zero-order chi connectivity index (χ0) is 15.5. The monoisotopic (exact) mass is 290 g/mol. The molecule has 3 nitrogen and oxygen atoms in total. The van der Waals surface area contributed by atoms with Gasteiger partial charge in [-0.05, 0) is 49.0 Å². The Bertz CT molecular complexity index is 453. The van der Waals surface area contributed by atoms with Crippen LogP contribution in [0.4, 0.5) is 0 Å². The summed E-state index contributed by atoms with van der Waals surface area (Å²) in [6.45, 7) is 10.6. The summed E-state index contributed by atoms with van der Waals surface area (Å²) in [4.78, 5) is 2.59. The molecule has 0 radical (unpaired) electrons. The van der Waals surface area contributed by atoms with Gasteiger partial charge in [0.15, 0.2) is 0 Å². The fourth-order valence-corrected chi connectivity index (χ4v) is 3.19. The van der Waals surface area contributed by atoms with Gasteiger partial charge in [0.2, 0.25) is 0 Å². The number of nitrogens with one attached hydrogen (secondary N) is 1. The van der Waals surface area contributed by atoms with E-state index in [0.29, 0.717) is 11.5 Å². The second kappa shape index (κ2) is 6.80. The second-order valence-electron chi connectivity index (χ2n) is 7.23. The molecule has 1 aromatic carbocycles. The lowest BCUT2D eigenvalue weighted by atomic mass is 9.80. The van der Waals surface area contributed by atoms with Crippen molar-refractivity contribution in [3.8, 4) is 5.75 Å². The Morgan fingerprint density at radius 1 is 1.38 bits per heavy atom. The summed E-state index contributed by atoms with van der Waals surface area (Å²) in [6, 6.07) is 8.75. The van der Waals surface area contributed by atoms with Gasteiger partial charge in [-0.3, -0.25) is 0 Å². The molecule has 1 aliphatic rings. The average molecular weight is 290 g/mol. The van der Waals surface area contributed by atoms with Crippen LogP contribution in [0.2, 0.25) is 0 Å². The van der Waals surface area contributed by atoms with Crippen molar-refractivity contribution in [3.05, 3.63) is 29.8 Å². The number of hydrogen-bond donors (Lipinski definition) is 1. The van der Waals surface area contributed by atoms with E-state index in [1.54, 1.807) is 7.11 Å². The highest BCUT2D eigenvalue weighted by Crippen LogP contribution is 2.34. The first kappa shape index (κ1) is 16.3. The smallest absolute Gasteiger partial charge is 0.119 e. The van der Waals surface area contributed by atoms with Crippen LogP contribution in [-0.2, 0) is 0 Å². The molecule has 21 heavy (non-hydrogen) atoms. The summed E-state index contributed by atoms with van der Waals surface area (Å²) in [6.07, 6.45) is 1.32. The quantitative estimate of drug-likeness (QED) is 0.900. The van der Waals surface area contributed by atoms with Crippen LogP contribution in [0, 0.1) is 11.3 Å². The summed E-state index contributed by atoms with van der Waals surface area (Å²) in [5, 5.41) is 3.45. The third-order valence-corrected chi connectivity index (χ3v) is 4.78. The molecule has 2 atom stereocenters. The third-order valence-electron chi connectivity index (χ3n) is 4.78. The summed E-state index contributed by atoms with van der Waals surface area (Å²) in [7, 11) is 3.77. The maximum Gasteiger partial charge on any atom is 0.119 e. The number of nitrogens with zero attached hydrogens (tertiary/aromatic N) is 1. The Kier molecular flexibility index (Phi) is 5.28. The Morgan fingerprint density at radius 2 is 2.14 bits per heavy atom. The minimum absolute atomic E-state index is 0.360. The number of benzene rings is 1. The van der Waals surface area contributed by atoms with E-state index in [1.807, 2.05) is 13.1 Å². The molecule has 0 spiro atoms. The number of likely N-dealkylation sites (N-methyl/N-ethyl adjacent to an activating group) is 1. The summed E-state index contributed by atoms with van der Waals surface area (Å²) < 4.78 is 5.34. The first-order valence-electron chi connectivity index (χ1n) is 7.97. The Balaban J connectivity index is 2.00. The number of methoxy groups -OCH3 is 1. The van der Waals surface area contributed by atoms with Gasteiger partial charge in [0.05, 0.1) is 7.11 Å². The second-order valence-corrected chi connectivity index (χ2v) is 7.23. The van der Waals surface area contributed by atoms with Crippen molar-refractivity contribution in [3.63, 3.8) is 0 Å². The topological polar surface area (TPSA) is 24.5 Å². The minimum Gasteiger partial charge on any atom is -0.497 e. The van der Waals surface area contributed by atoms with Crippen molar-refractivity contribution in [1.29, 1.82) is 0 Å². The van der Waals surface area contributed by atoms with Gasteiger partial charge < -0.3 is 15.0 Å². The van der Waals surface area contributed by atoms with E-state index >= 15 is 0 Å². The first-order chi connectivity index (χ1) is 9.94. The molecule has 1 aliphatic heterocycles. The fraction of sp³-hybridized carbons (Fsp3) is 0.667. The highest BCUT2D eigenvalue weighted by molar-refractivity contribution is 5.30. The SMILES string of the molecule is CNC(CN1CCC(C(C)(C)C)C1)c1cccc(OC)c1. The lowest BCUT2D eigenvalue weighted by Gasteiger charge is -2.28. The van der Waals surface area contributed by atoms with Crippen LogP contribution in [0.5, 0.6) is 5.75 Å². The molecule has 2 rings (SSSR count). The maximum absolute atomic E-state index is 5.34. The normalized spacial score (nSPS) is 21.5. The predicted molar refractivity (Wildman–Crippen MR) is 88.8 cm³/mol. The first-order valence-corrected chi connectivity index (χ1v) is 7.97. The van der Waals surface area contributed by atoms with Crippen LogP contribution in [0.25, 0.3) is 0 Å². The largest absolute Gasteiger partial charge is 0.497 e. The number of ether oxygens (including phenoxy) is 1. The zero-order valence-electron chi connectivity index (χ0n) is 14.1. The minimum atomic E-state index is 0.360. The van der Waals surface area contributed by atoms with Gasteiger partial charge in [0.1, 0.15) is 5.75 Å². The van der Waals surface area contributed by atoms with Gasteiger partial charge >= 0.3 is 0 Å². The fourth-order valence-electron chi connectivity index (χ4n) is 3.19. The lowest BCUT2D eigenvalue weighted by Crippen LogP contribution is -2.33. The molecule has 0 saturated carbocycles. The van der Waals surface area contributed by atoms with Gasteiger partial charge in [-0.1, -0.05) is 32.9 Å². The molecule has 1 heterocycles. The molecule has 1 fully saturated rings. The van der Waals surface area contributed by atoms with Gasteiger partial charge in [-0.25, -0.2) is 0 Å². The van der Waals surface area contributed by atoms with Crippen LogP contribution >= 0.6 is 0 Å². The van der Waals surface area contributed by atoms with Crippen molar-refractivity contribution < 1.29 is 4.74 Å². The molecule has 1 aromatic rings. The van der Waals surface area contributed by atoms with E-state index in [1.165, 1.54) is 25.1 Å². The average Bonchev–Trinajstić information content (AvgIpc) is 2.93. The summed E-state index contributed by atoms with van der Waals surface area (Å²) in [5.41, 5.74) is 1.72. The third kappa shape index (κ3) is 4.21. The molecular weight excluding hydrogens is 260 g/mol. The van der Waals surface area contributed by atoms with Crippen LogP contribution in [-0.4, -0.2) is 38.7 Å². The van der Waals surface area contributed by atoms with Crippen LogP contribution in [0.1, 0.15) is 38.8 Å². The van der Waals surface area contributed by atoms with Crippen molar-refractivity contribution in [2.24, 2.45) is 11.3 Å². The number of likely N-dealkylation sites (tertiary alicyclic amines) is 1. The van der Waals surface area contributed by atoms with E-state index in [0.717, 1.165) is 18.2 Å². The van der Waals surface area contributed by atoms with Crippen LogP contribution in [0.15, 0.2) is 24.3 Å². The van der Waals surface area contributed by atoms with E-state index in [4.69, 9.17) is 4.74 Å². The van der Waals surface area contributed by atoms with Crippen molar-refractivity contribution in [2.45, 2.75) is 33.2 Å². The molecule has 2 unspecified atom stereocenters. The highest BCUT2D eigenvalue weighted by Gasteiger charge is 2.32. The van der Waals surface area contributed by atoms with Gasteiger partial charge in [-0.15, -0.1) is 0 Å². The highest BCUT2D eigenvalue weighted by atomic mass is 16.5. The molecule has 1 saturated heterocycles. The van der Waals surface area contributed by atoms with Gasteiger partial charge in [0, 0.05) is 19.1 Å². The Labute approximate surface area is 129 Å². The molecule has 0 aromatic heterocycles. The molecule has 0 bridgehead atoms. The number of rotatable bonds is 5. The van der Waals surface area contributed by atoms with E-state index in [2.05, 4.69) is 49.2 Å². The predicted octanol–water partition coefficient (Wildman–Crippen LogP) is 3.32. The molecule has 118 valence electrons. The lowest BCUT2D eigenvalue weighted by molar-refractivity contribution is 0.220. The van der Waals surface area contributed by atoms with Crippen molar-refractivity contribution in [1.82, 2.24) is 10.2 Å². The summed E-state index contributed by atoms with van der Waals surface area (Å²) in [5.74, 6) is 1.74. The standard InChI is InChI=1S/C18H30N2O/c1-18(2,3)15-9-10-20(12-15)13-17(19-4)14-7-6-8-16(11-14)21-5/h6-8,11,15,17,19H,9-10,12-13H2,1-5H3.